The highest BCUT2D eigenvalue weighted by Gasteiger charge is 2.05. The number of hydrogen-bond acceptors (Lipinski definition) is 5. The fourth-order valence-corrected chi connectivity index (χ4v) is 0.434. The van der Waals surface area contributed by atoms with E-state index in [4.69, 9.17) is 0 Å². The minimum absolute atomic E-state index is 0.680. The van der Waals surface area contributed by atoms with Crippen LogP contribution in [0.25, 0.3) is 0 Å². The first kappa shape index (κ1) is 11.3. The van der Waals surface area contributed by atoms with Crippen LogP contribution in [0.5, 0.6) is 0 Å². The molecule has 0 aliphatic carbocycles. The first-order valence-electron chi connectivity index (χ1n) is 3.44. The van der Waals surface area contributed by atoms with Crippen LogP contribution in [-0.2, 0) is 19.0 Å². The Morgan fingerprint density at radius 1 is 1.23 bits per heavy atom. The fraction of sp³-hybridized carbons (Fsp3) is 0.500. The van der Waals surface area contributed by atoms with Crippen molar-refractivity contribution in [1.82, 2.24) is 0 Å². The van der Waals surface area contributed by atoms with Gasteiger partial charge in [0.25, 0.3) is 0 Å². The third kappa shape index (κ3) is 5.56. The highest BCUT2D eigenvalue weighted by molar-refractivity contribution is 5.88. The van der Waals surface area contributed by atoms with Gasteiger partial charge in [0.15, 0.2) is 6.10 Å². The molecule has 72 valence electrons. The van der Waals surface area contributed by atoms with E-state index in [1.165, 1.54) is 21.1 Å². The van der Waals surface area contributed by atoms with Gasteiger partial charge in [-0.25, -0.2) is 9.59 Å². The summed E-state index contributed by atoms with van der Waals surface area (Å²) in [5, 5.41) is 0. The van der Waals surface area contributed by atoms with Gasteiger partial charge in [-0.15, -0.1) is 0 Å². The third-order valence-corrected chi connectivity index (χ3v) is 1.00. The number of carbonyl (C=O) groups excluding carboxylic acids is 2. The number of carbonyl (C=O) groups is 2. The van der Waals surface area contributed by atoms with E-state index in [0.29, 0.717) is 0 Å². The van der Waals surface area contributed by atoms with Crippen molar-refractivity contribution in [3.63, 3.8) is 0 Å². The molecule has 0 spiro atoms. The monoisotopic (exact) mass is 186 g/mol. The van der Waals surface area contributed by atoms with Gasteiger partial charge in [0.2, 0.25) is 0 Å². The van der Waals surface area contributed by atoms with Crippen LogP contribution in [0, 0.1) is 11.8 Å². The van der Waals surface area contributed by atoms with E-state index >= 15 is 0 Å². The molecule has 0 bridgehead atoms. The lowest BCUT2D eigenvalue weighted by Crippen LogP contribution is -2.13. The predicted molar refractivity (Wildman–Crippen MR) is 42.7 cm³/mol. The summed E-state index contributed by atoms with van der Waals surface area (Å²) in [4.78, 5) is 21.0. The van der Waals surface area contributed by atoms with Crippen molar-refractivity contribution in [2.24, 2.45) is 0 Å². The normalized spacial score (nSPS) is 10.4. The molecule has 0 aromatic heterocycles. The van der Waals surface area contributed by atoms with E-state index in [-0.39, 0.29) is 0 Å². The molecule has 0 amide bonds. The maximum absolute atomic E-state index is 10.5. The van der Waals surface area contributed by atoms with Crippen LogP contribution in [-0.4, -0.2) is 32.4 Å². The van der Waals surface area contributed by atoms with Gasteiger partial charge >= 0.3 is 12.1 Å². The smallest absolute Gasteiger partial charge is 0.459 e. The van der Waals surface area contributed by atoms with Crippen molar-refractivity contribution in [1.29, 1.82) is 0 Å². The molecule has 0 heterocycles. The van der Waals surface area contributed by atoms with Gasteiger partial charge in [0.1, 0.15) is 0 Å². The molecule has 0 saturated carbocycles. The molecule has 0 saturated heterocycles. The molecular formula is C8H10O5. The van der Waals surface area contributed by atoms with E-state index in [1.54, 1.807) is 0 Å². The molecule has 5 heteroatoms. The number of rotatable bonds is 1. The van der Waals surface area contributed by atoms with Crippen molar-refractivity contribution in [2.45, 2.75) is 13.0 Å². The number of methoxy groups -OCH3 is 2. The Bertz CT molecular complexity index is 247. The zero-order valence-corrected chi connectivity index (χ0v) is 7.62. The van der Waals surface area contributed by atoms with Crippen molar-refractivity contribution in [3.8, 4) is 11.8 Å². The average molecular weight is 186 g/mol. The van der Waals surface area contributed by atoms with E-state index in [9.17, 15) is 9.59 Å². The molecule has 0 aliphatic heterocycles. The third-order valence-electron chi connectivity index (χ3n) is 1.00. The summed E-state index contributed by atoms with van der Waals surface area (Å²) in [6.07, 6.45) is -1.54. The van der Waals surface area contributed by atoms with E-state index in [0.717, 1.165) is 0 Å². The molecule has 0 fully saturated rings. The molecular weight excluding hydrogens is 176 g/mol. The van der Waals surface area contributed by atoms with Crippen molar-refractivity contribution in [3.05, 3.63) is 0 Å². The van der Waals surface area contributed by atoms with Crippen molar-refractivity contribution >= 4 is 12.1 Å². The lowest BCUT2D eigenvalue weighted by molar-refractivity contribution is -0.133. The van der Waals surface area contributed by atoms with Gasteiger partial charge in [0.05, 0.1) is 14.2 Å². The quantitative estimate of drug-likeness (QED) is 0.335. The van der Waals surface area contributed by atoms with Crippen molar-refractivity contribution in [2.75, 3.05) is 14.2 Å². The van der Waals surface area contributed by atoms with Crippen LogP contribution in [0.4, 0.5) is 4.79 Å². The zero-order chi connectivity index (χ0) is 10.3. The Kier molecular flexibility index (Phi) is 5.12. The largest absolute Gasteiger partial charge is 0.509 e. The molecule has 0 aromatic carbocycles. The zero-order valence-electron chi connectivity index (χ0n) is 7.62. The minimum atomic E-state index is -0.841. The summed E-state index contributed by atoms with van der Waals surface area (Å²) >= 11 is 0. The van der Waals surface area contributed by atoms with Crippen LogP contribution in [0.15, 0.2) is 0 Å². The Labute approximate surface area is 76.0 Å². The second-order valence-electron chi connectivity index (χ2n) is 1.98. The Morgan fingerprint density at radius 3 is 2.31 bits per heavy atom. The van der Waals surface area contributed by atoms with Gasteiger partial charge in [-0.05, 0) is 12.8 Å². The first-order chi connectivity index (χ1) is 6.10. The molecule has 0 aliphatic rings. The van der Waals surface area contributed by atoms with Gasteiger partial charge < -0.3 is 14.2 Å². The Morgan fingerprint density at radius 2 is 1.85 bits per heavy atom. The number of ether oxygens (including phenoxy) is 3. The fourth-order valence-electron chi connectivity index (χ4n) is 0.434. The van der Waals surface area contributed by atoms with Gasteiger partial charge in [-0.1, -0.05) is 0 Å². The summed E-state index contributed by atoms with van der Waals surface area (Å²) in [6.45, 7) is 1.51. The lowest BCUT2D eigenvalue weighted by Gasteiger charge is -2.03. The predicted octanol–water partition coefficient (Wildman–Crippen LogP) is 0.334. The minimum Gasteiger partial charge on any atom is -0.459 e. The van der Waals surface area contributed by atoms with Crippen molar-refractivity contribution < 1.29 is 23.8 Å². The molecule has 5 nitrogen and oxygen atoms in total. The van der Waals surface area contributed by atoms with E-state index < -0.39 is 18.2 Å². The van der Waals surface area contributed by atoms with Crippen LogP contribution < -0.4 is 0 Å². The molecule has 0 aromatic rings. The standard InChI is InChI=1S/C8H10O5/c1-6(13-8(10)12-3)4-5-7(9)11-2/h6H,1-3H3. The van der Waals surface area contributed by atoms with Crippen LogP contribution in [0.1, 0.15) is 6.92 Å². The van der Waals surface area contributed by atoms with Crippen LogP contribution in [0.3, 0.4) is 0 Å². The summed E-state index contributed by atoms with van der Waals surface area (Å²) in [7, 11) is 2.39. The molecule has 0 rings (SSSR count). The molecule has 1 atom stereocenters. The second kappa shape index (κ2) is 5.89. The molecule has 0 N–H and O–H groups in total. The number of esters is 1. The van der Waals surface area contributed by atoms with Gasteiger partial charge in [-0.2, -0.15) is 0 Å². The lowest BCUT2D eigenvalue weighted by atomic mass is 10.4. The molecule has 0 radical (unpaired) electrons. The first-order valence-corrected chi connectivity index (χ1v) is 3.44. The number of hydrogen-bond donors (Lipinski definition) is 0. The topological polar surface area (TPSA) is 61.8 Å². The van der Waals surface area contributed by atoms with E-state index in [2.05, 4.69) is 26.1 Å². The maximum Gasteiger partial charge on any atom is 0.509 e. The SMILES string of the molecule is COC(=O)C#CC(C)OC(=O)OC. The van der Waals surface area contributed by atoms with Crippen LogP contribution >= 0.6 is 0 Å². The highest BCUT2D eigenvalue weighted by atomic mass is 16.7. The molecule has 1 unspecified atom stereocenters. The van der Waals surface area contributed by atoms with Crippen LogP contribution in [0.2, 0.25) is 0 Å². The summed E-state index contributed by atoms with van der Waals surface area (Å²) < 4.78 is 13.0. The summed E-state index contributed by atoms with van der Waals surface area (Å²) in [5.41, 5.74) is 0. The Balaban J connectivity index is 3.97. The summed E-state index contributed by atoms with van der Waals surface area (Å²) in [5.74, 6) is 3.79. The molecule has 13 heavy (non-hydrogen) atoms. The highest BCUT2D eigenvalue weighted by Crippen LogP contribution is 1.91. The van der Waals surface area contributed by atoms with Gasteiger partial charge in [0, 0.05) is 5.92 Å². The maximum atomic E-state index is 10.5. The Hall–Kier alpha value is -1.70. The summed E-state index contributed by atoms with van der Waals surface area (Å²) in [6, 6.07) is 0. The van der Waals surface area contributed by atoms with E-state index in [1.807, 2.05) is 0 Å². The second-order valence-corrected chi connectivity index (χ2v) is 1.98. The average Bonchev–Trinajstić information content (AvgIpc) is 2.13. The van der Waals surface area contributed by atoms with Gasteiger partial charge in [-0.3, -0.25) is 0 Å².